The molecule has 0 fully saturated rings. The average molecular weight is 539 g/mol. The number of likely N-dealkylation sites (N-methyl/N-ethyl adjacent to an activating group) is 2. The Labute approximate surface area is 226 Å². The number of pyridine rings is 1. The normalized spacial score (nSPS) is 11.4. The van der Waals surface area contributed by atoms with Gasteiger partial charge < -0.3 is 24.4 Å². The standard InChI is InChI=1S/C26H31ClN8O3/c1-16(2)38-25-20(13-22(35(36)37)24(31-25)33(5)12-11-32(3)4)29-26-28-14-19(27)23(30-26)18-15-34(6)21-10-8-7-9-17(18)21/h7-10,13-16H,11-12H2,1-6H3,(H,28,29,30). The summed E-state index contributed by atoms with van der Waals surface area (Å²) in [6, 6.07) is 9.35. The highest BCUT2D eigenvalue weighted by atomic mass is 35.5. The fourth-order valence-corrected chi connectivity index (χ4v) is 4.21. The number of fused-ring (bicyclic) bond motifs is 1. The van der Waals surface area contributed by atoms with E-state index in [1.54, 1.807) is 11.9 Å². The number of hydrogen-bond acceptors (Lipinski definition) is 9. The van der Waals surface area contributed by atoms with Gasteiger partial charge in [0.25, 0.3) is 0 Å². The van der Waals surface area contributed by atoms with E-state index in [9.17, 15) is 10.1 Å². The lowest BCUT2D eigenvalue weighted by Crippen LogP contribution is -2.29. The van der Waals surface area contributed by atoms with Crippen molar-refractivity contribution in [2.45, 2.75) is 20.0 Å². The smallest absolute Gasteiger partial charge is 0.313 e. The highest BCUT2D eigenvalue weighted by Gasteiger charge is 2.25. The van der Waals surface area contributed by atoms with Crippen molar-refractivity contribution in [3.05, 3.63) is 57.9 Å². The highest BCUT2D eigenvalue weighted by molar-refractivity contribution is 6.33. The topological polar surface area (TPSA) is 114 Å². The maximum atomic E-state index is 12.0. The molecule has 4 aromatic rings. The molecule has 0 atom stereocenters. The van der Waals surface area contributed by atoms with Crippen LogP contribution in [-0.4, -0.2) is 69.7 Å². The first-order valence-corrected chi connectivity index (χ1v) is 12.5. The maximum Gasteiger partial charge on any atom is 0.313 e. The maximum absolute atomic E-state index is 12.0. The van der Waals surface area contributed by atoms with Gasteiger partial charge in [-0.3, -0.25) is 10.1 Å². The van der Waals surface area contributed by atoms with Gasteiger partial charge in [0.15, 0.2) is 0 Å². The summed E-state index contributed by atoms with van der Waals surface area (Å²) in [6.07, 6.45) is 3.24. The molecule has 200 valence electrons. The molecule has 1 aromatic carbocycles. The van der Waals surface area contributed by atoms with E-state index in [0.717, 1.165) is 16.5 Å². The van der Waals surface area contributed by atoms with Gasteiger partial charge >= 0.3 is 5.69 Å². The van der Waals surface area contributed by atoms with Gasteiger partial charge in [0.2, 0.25) is 17.6 Å². The zero-order valence-corrected chi connectivity index (χ0v) is 23.0. The van der Waals surface area contributed by atoms with Gasteiger partial charge in [0.05, 0.1) is 27.9 Å². The Balaban J connectivity index is 1.77. The minimum atomic E-state index is -0.455. The van der Waals surface area contributed by atoms with Gasteiger partial charge in [0.1, 0.15) is 5.69 Å². The molecule has 38 heavy (non-hydrogen) atoms. The van der Waals surface area contributed by atoms with Crippen LogP contribution in [0.25, 0.3) is 22.2 Å². The van der Waals surface area contributed by atoms with E-state index < -0.39 is 4.92 Å². The van der Waals surface area contributed by atoms with E-state index in [0.29, 0.717) is 23.8 Å². The first-order valence-electron chi connectivity index (χ1n) is 12.1. The van der Waals surface area contributed by atoms with Gasteiger partial charge in [-0.1, -0.05) is 29.8 Å². The second kappa shape index (κ2) is 11.2. The molecular formula is C26H31ClN8O3. The number of hydrogen-bond donors (Lipinski definition) is 1. The summed E-state index contributed by atoms with van der Waals surface area (Å²) in [5.74, 6) is 0.629. The van der Waals surface area contributed by atoms with Gasteiger partial charge in [-0.05, 0) is 34.0 Å². The fraction of sp³-hybridized carbons (Fsp3) is 0.346. The van der Waals surface area contributed by atoms with E-state index in [1.807, 2.05) is 74.9 Å². The van der Waals surface area contributed by atoms with Crippen LogP contribution in [-0.2, 0) is 7.05 Å². The van der Waals surface area contributed by atoms with Gasteiger partial charge in [-0.25, -0.2) is 9.97 Å². The second-order valence-electron chi connectivity index (χ2n) is 9.52. The second-order valence-corrected chi connectivity index (χ2v) is 9.93. The first kappa shape index (κ1) is 27.1. The van der Waals surface area contributed by atoms with Gasteiger partial charge in [-0.15, -0.1) is 0 Å². The number of ether oxygens (including phenoxy) is 1. The van der Waals surface area contributed by atoms with Crippen molar-refractivity contribution < 1.29 is 9.66 Å². The van der Waals surface area contributed by atoms with Crippen LogP contribution in [0.3, 0.4) is 0 Å². The van der Waals surface area contributed by atoms with E-state index >= 15 is 0 Å². The summed E-state index contributed by atoms with van der Waals surface area (Å²) < 4.78 is 7.95. The molecule has 0 saturated carbocycles. The Kier molecular flexibility index (Phi) is 7.98. The predicted octanol–water partition coefficient (Wildman–Crippen LogP) is 5.12. The van der Waals surface area contributed by atoms with Crippen molar-refractivity contribution in [1.29, 1.82) is 0 Å². The Bertz CT molecular complexity index is 1470. The minimum absolute atomic E-state index is 0.159. The van der Waals surface area contributed by atoms with Crippen molar-refractivity contribution >= 4 is 45.6 Å². The predicted molar refractivity (Wildman–Crippen MR) is 151 cm³/mol. The number of halogens is 1. The highest BCUT2D eigenvalue weighted by Crippen LogP contribution is 2.38. The molecule has 0 aliphatic rings. The lowest BCUT2D eigenvalue weighted by atomic mass is 10.1. The molecule has 3 aromatic heterocycles. The molecule has 0 aliphatic heterocycles. The van der Waals surface area contributed by atoms with Crippen LogP contribution in [0, 0.1) is 10.1 Å². The summed E-state index contributed by atoms with van der Waals surface area (Å²) in [4.78, 5) is 28.8. The van der Waals surface area contributed by atoms with Crippen LogP contribution >= 0.6 is 11.6 Å². The number of nitrogens with one attached hydrogen (secondary N) is 1. The Morgan fingerprint density at radius 2 is 1.92 bits per heavy atom. The lowest BCUT2D eigenvalue weighted by Gasteiger charge is -2.22. The third-order valence-electron chi connectivity index (χ3n) is 5.88. The third-order valence-corrected chi connectivity index (χ3v) is 6.16. The monoisotopic (exact) mass is 538 g/mol. The van der Waals surface area contributed by atoms with Crippen LogP contribution in [0.4, 0.5) is 23.1 Å². The number of nitrogens with zero attached hydrogens (tertiary/aromatic N) is 7. The number of benzene rings is 1. The van der Waals surface area contributed by atoms with Crippen LogP contribution in [0.5, 0.6) is 5.88 Å². The molecule has 0 aliphatic carbocycles. The number of nitro groups is 1. The van der Waals surface area contributed by atoms with Crippen molar-refractivity contribution in [3.63, 3.8) is 0 Å². The molecule has 11 nitrogen and oxygen atoms in total. The minimum Gasteiger partial charge on any atom is -0.473 e. The van der Waals surface area contributed by atoms with Crippen LogP contribution in [0.2, 0.25) is 5.02 Å². The van der Waals surface area contributed by atoms with Gasteiger partial charge in [-0.2, -0.15) is 4.98 Å². The van der Waals surface area contributed by atoms with E-state index in [4.69, 9.17) is 16.3 Å². The molecular weight excluding hydrogens is 508 g/mol. The molecule has 0 radical (unpaired) electrons. The molecule has 0 unspecified atom stereocenters. The molecule has 1 N–H and O–H groups in total. The summed E-state index contributed by atoms with van der Waals surface area (Å²) >= 11 is 6.52. The summed E-state index contributed by atoms with van der Waals surface area (Å²) in [5, 5.41) is 16.5. The van der Waals surface area contributed by atoms with Crippen LogP contribution < -0.4 is 15.0 Å². The Morgan fingerprint density at radius 3 is 2.61 bits per heavy atom. The largest absolute Gasteiger partial charge is 0.473 e. The number of para-hydroxylation sites is 1. The fourth-order valence-electron chi connectivity index (χ4n) is 4.02. The van der Waals surface area contributed by atoms with Crippen molar-refractivity contribution in [3.8, 4) is 17.1 Å². The van der Waals surface area contributed by atoms with E-state index in [1.165, 1.54) is 12.3 Å². The summed E-state index contributed by atoms with van der Waals surface area (Å²) in [6.45, 7) is 4.97. The molecule has 0 amide bonds. The summed E-state index contributed by atoms with van der Waals surface area (Å²) in [7, 11) is 7.60. The van der Waals surface area contributed by atoms with Crippen LogP contribution in [0.1, 0.15) is 13.8 Å². The molecule has 4 rings (SSSR count). The van der Waals surface area contributed by atoms with Crippen molar-refractivity contribution in [2.75, 3.05) is 44.4 Å². The zero-order chi connectivity index (χ0) is 27.6. The third kappa shape index (κ3) is 5.79. The first-order chi connectivity index (χ1) is 18.0. The number of aryl methyl sites for hydroxylation is 1. The number of rotatable bonds is 10. The Hall–Kier alpha value is -3.96. The quantitative estimate of drug-likeness (QED) is 0.217. The average Bonchev–Trinajstić information content (AvgIpc) is 3.20. The molecule has 3 heterocycles. The van der Waals surface area contributed by atoms with Crippen LogP contribution in [0.15, 0.2) is 42.7 Å². The number of anilines is 3. The molecule has 12 heteroatoms. The van der Waals surface area contributed by atoms with E-state index in [-0.39, 0.29) is 35.1 Å². The van der Waals surface area contributed by atoms with E-state index in [2.05, 4.69) is 20.3 Å². The lowest BCUT2D eigenvalue weighted by molar-refractivity contribution is -0.384. The molecule has 0 saturated heterocycles. The molecule has 0 spiro atoms. The number of aromatic nitrogens is 4. The SMILES string of the molecule is CC(C)Oc1nc(N(C)CCN(C)C)c([N+](=O)[O-])cc1Nc1ncc(Cl)c(-c2cn(C)c3ccccc23)n1. The molecule has 0 bridgehead atoms. The zero-order valence-electron chi connectivity index (χ0n) is 22.3. The van der Waals surface area contributed by atoms with Crippen molar-refractivity contribution in [2.24, 2.45) is 7.05 Å². The Morgan fingerprint density at radius 1 is 1.18 bits per heavy atom. The van der Waals surface area contributed by atoms with Gasteiger partial charge in [0, 0.05) is 55.9 Å². The summed E-state index contributed by atoms with van der Waals surface area (Å²) in [5.41, 5.74) is 2.54. The van der Waals surface area contributed by atoms with Crippen molar-refractivity contribution in [1.82, 2.24) is 24.4 Å².